The number of hydrogen-bond acceptors (Lipinski definition) is 2. The second-order valence-electron chi connectivity index (χ2n) is 6.05. The quantitative estimate of drug-likeness (QED) is 0.787. The molecule has 2 aromatic carbocycles. The molecule has 6 heteroatoms. The van der Waals surface area contributed by atoms with E-state index in [4.69, 9.17) is 0 Å². The van der Waals surface area contributed by atoms with Crippen LogP contribution < -0.4 is 4.90 Å². The summed E-state index contributed by atoms with van der Waals surface area (Å²) in [6.45, 7) is 1.53. The molecule has 24 heavy (non-hydrogen) atoms. The van der Waals surface area contributed by atoms with Crippen LogP contribution in [0.15, 0.2) is 42.5 Å². The summed E-state index contributed by atoms with van der Waals surface area (Å²) in [6, 6.07) is 10.8. The lowest BCUT2D eigenvalue weighted by Crippen LogP contribution is -2.54. The Hall–Kier alpha value is -2.14. The van der Waals surface area contributed by atoms with Crippen LogP contribution in [0.1, 0.15) is 17.2 Å². The predicted octanol–water partition coefficient (Wildman–Crippen LogP) is 3.33. The van der Waals surface area contributed by atoms with Crippen LogP contribution in [-0.4, -0.2) is 30.4 Å². The minimum absolute atomic E-state index is 0. The van der Waals surface area contributed by atoms with E-state index in [-0.39, 0.29) is 42.5 Å². The number of rotatable bonds is 1. The van der Waals surface area contributed by atoms with Crippen molar-refractivity contribution in [2.75, 3.05) is 24.5 Å². The lowest BCUT2D eigenvalue weighted by molar-refractivity contribution is -0.134. The van der Waals surface area contributed by atoms with Crippen molar-refractivity contribution in [1.29, 1.82) is 0 Å². The van der Waals surface area contributed by atoms with E-state index >= 15 is 0 Å². The first-order chi connectivity index (χ1) is 11.1. The molecule has 126 valence electrons. The third kappa shape index (κ3) is 2.84. The molecule has 0 saturated carbocycles. The van der Waals surface area contributed by atoms with Gasteiger partial charge in [-0.15, -0.1) is 12.4 Å². The molecule has 2 aliphatic heterocycles. The Bertz CT molecular complexity index is 766. The van der Waals surface area contributed by atoms with Gasteiger partial charge in [0.25, 0.3) is 0 Å². The monoisotopic (exact) mass is 350 g/mol. The van der Waals surface area contributed by atoms with Gasteiger partial charge in [-0.25, -0.2) is 8.78 Å². The Morgan fingerprint density at radius 1 is 1.00 bits per heavy atom. The van der Waals surface area contributed by atoms with Crippen molar-refractivity contribution in [3.05, 3.63) is 65.2 Å². The molecule has 2 aliphatic rings. The van der Waals surface area contributed by atoms with E-state index in [0.29, 0.717) is 13.1 Å². The molecule has 2 aromatic rings. The van der Waals surface area contributed by atoms with Crippen LogP contribution in [0, 0.1) is 11.6 Å². The average Bonchev–Trinajstić information content (AvgIpc) is 2.55. The normalized spacial score (nSPS) is 19.4. The number of carbonyl (C=O) groups is 1. The summed E-state index contributed by atoms with van der Waals surface area (Å²) in [5.74, 6) is -0.554. The summed E-state index contributed by atoms with van der Waals surface area (Å²) in [6.07, 6.45) is 0.758. The molecular formula is C18H17ClF2N2O. The molecule has 0 spiro atoms. The summed E-state index contributed by atoms with van der Waals surface area (Å²) in [4.78, 5) is 16.3. The van der Waals surface area contributed by atoms with Crippen molar-refractivity contribution in [2.24, 2.45) is 0 Å². The summed E-state index contributed by atoms with van der Waals surface area (Å²) in [7, 11) is 0. The highest BCUT2D eigenvalue weighted by molar-refractivity contribution is 5.85. The number of carbonyl (C=O) groups excluding carboxylic acids is 1. The predicted molar refractivity (Wildman–Crippen MR) is 90.4 cm³/mol. The number of hydrogen-bond donors (Lipinski definition) is 0. The molecule has 1 fully saturated rings. The van der Waals surface area contributed by atoms with Gasteiger partial charge >= 0.3 is 0 Å². The van der Waals surface area contributed by atoms with Crippen molar-refractivity contribution in [2.45, 2.75) is 12.5 Å². The Kier molecular flexibility index (Phi) is 4.45. The molecule has 0 aromatic heterocycles. The van der Waals surface area contributed by atoms with E-state index in [1.54, 1.807) is 12.1 Å². The summed E-state index contributed by atoms with van der Waals surface area (Å²) in [5.41, 5.74) is 2.79. The van der Waals surface area contributed by atoms with Crippen molar-refractivity contribution in [1.82, 2.24) is 4.90 Å². The minimum Gasteiger partial charge on any atom is -0.360 e. The molecule has 1 atom stereocenters. The van der Waals surface area contributed by atoms with E-state index in [2.05, 4.69) is 0 Å². The third-order valence-corrected chi connectivity index (χ3v) is 4.70. The van der Waals surface area contributed by atoms with Crippen molar-refractivity contribution < 1.29 is 13.6 Å². The Morgan fingerprint density at radius 3 is 2.46 bits per heavy atom. The van der Waals surface area contributed by atoms with Crippen LogP contribution in [0.4, 0.5) is 14.5 Å². The largest absolute Gasteiger partial charge is 0.360 e. The van der Waals surface area contributed by atoms with Crippen LogP contribution >= 0.6 is 12.4 Å². The molecule has 0 N–H and O–H groups in total. The average molecular weight is 351 g/mol. The number of benzene rings is 2. The maximum absolute atomic E-state index is 13.7. The number of anilines is 1. The molecule has 0 aliphatic carbocycles. The van der Waals surface area contributed by atoms with Gasteiger partial charge in [0.05, 0.1) is 12.6 Å². The van der Waals surface area contributed by atoms with Crippen LogP contribution in [0.2, 0.25) is 0 Å². The van der Waals surface area contributed by atoms with Crippen LogP contribution in [0.25, 0.3) is 0 Å². The van der Waals surface area contributed by atoms with Gasteiger partial charge in [0.15, 0.2) is 0 Å². The maximum atomic E-state index is 13.7. The maximum Gasteiger partial charge on any atom is 0.242 e. The molecule has 3 nitrogen and oxygen atoms in total. The Morgan fingerprint density at radius 2 is 1.71 bits per heavy atom. The SMILES string of the molecule is Cl.O=C1CN(c2ccc(F)cc2)CC2c3cc(F)ccc3CCN12. The van der Waals surface area contributed by atoms with E-state index in [0.717, 1.165) is 23.2 Å². The van der Waals surface area contributed by atoms with Crippen LogP contribution in [0.3, 0.4) is 0 Å². The molecule has 1 amide bonds. The number of halogens is 3. The van der Waals surface area contributed by atoms with Gasteiger partial charge in [-0.05, 0) is 53.9 Å². The van der Waals surface area contributed by atoms with Crippen molar-refractivity contribution in [3.8, 4) is 0 Å². The first-order valence-corrected chi connectivity index (χ1v) is 7.70. The zero-order valence-corrected chi connectivity index (χ0v) is 13.7. The fraction of sp³-hybridized carbons (Fsp3) is 0.278. The van der Waals surface area contributed by atoms with Gasteiger partial charge in [-0.2, -0.15) is 0 Å². The molecule has 0 bridgehead atoms. The molecule has 1 saturated heterocycles. The van der Waals surface area contributed by atoms with E-state index in [9.17, 15) is 13.6 Å². The van der Waals surface area contributed by atoms with E-state index in [1.165, 1.54) is 24.3 Å². The summed E-state index contributed by atoms with van der Waals surface area (Å²) >= 11 is 0. The summed E-state index contributed by atoms with van der Waals surface area (Å²) in [5, 5.41) is 0. The van der Waals surface area contributed by atoms with E-state index < -0.39 is 0 Å². The lowest BCUT2D eigenvalue weighted by Gasteiger charge is -2.45. The van der Waals surface area contributed by atoms with Crippen LogP contribution in [0.5, 0.6) is 0 Å². The van der Waals surface area contributed by atoms with Gasteiger partial charge in [0.1, 0.15) is 11.6 Å². The molecule has 2 heterocycles. The van der Waals surface area contributed by atoms with Gasteiger partial charge < -0.3 is 9.80 Å². The number of nitrogens with zero attached hydrogens (tertiary/aromatic N) is 2. The number of piperazine rings is 1. The third-order valence-electron chi connectivity index (χ3n) is 4.70. The van der Waals surface area contributed by atoms with Crippen molar-refractivity contribution in [3.63, 3.8) is 0 Å². The van der Waals surface area contributed by atoms with Gasteiger partial charge in [0, 0.05) is 18.8 Å². The van der Waals surface area contributed by atoms with E-state index in [1.807, 2.05) is 15.9 Å². The van der Waals surface area contributed by atoms with Gasteiger partial charge in [-0.1, -0.05) is 6.07 Å². The summed E-state index contributed by atoms with van der Waals surface area (Å²) < 4.78 is 26.8. The minimum atomic E-state index is -0.302. The van der Waals surface area contributed by atoms with Crippen molar-refractivity contribution >= 4 is 24.0 Å². The molecule has 0 radical (unpaired) electrons. The smallest absolute Gasteiger partial charge is 0.242 e. The Balaban J connectivity index is 0.00000169. The topological polar surface area (TPSA) is 23.6 Å². The fourth-order valence-electron chi connectivity index (χ4n) is 3.54. The number of fused-ring (bicyclic) bond motifs is 3. The second kappa shape index (κ2) is 6.40. The molecule has 1 unspecified atom stereocenters. The lowest BCUT2D eigenvalue weighted by atomic mass is 9.90. The molecular weight excluding hydrogens is 334 g/mol. The van der Waals surface area contributed by atoms with Gasteiger partial charge in [0.2, 0.25) is 5.91 Å². The first-order valence-electron chi connectivity index (χ1n) is 7.70. The first kappa shape index (κ1) is 16.7. The zero-order valence-electron chi connectivity index (χ0n) is 12.9. The van der Waals surface area contributed by atoms with Crippen LogP contribution in [-0.2, 0) is 11.2 Å². The standard InChI is InChI=1S/C18H16F2N2O.ClH/c19-13-3-5-15(6-4-13)21-10-17-16-9-14(20)2-1-12(16)7-8-22(17)18(23)11-21;/h1-6,9,17H,7-8,10-11H2;1H. The zero-order chi connectivity index (χ0) is 16.0. The fourth-order valence-corrected chi connectivity index (χ4v) is 3.54. The molecule has 4 rings (SSSR count). The highest BCUT2D eigenvalue weighted by Gasteiger charge is 2.37. The Labute approximate surface area is 145 Å². The highest BCUT2D eigenvalue weighted by Crippen LogP contribution is 2.35. The second-order valence-corrected chi connectivity index (χ2v) is 6.05. The van der Waals surface area contributed by atoms with Gasteiger partial charge in [-0.3, -0.25) is 4.79 Å². The number of amides is 1. The highest BCUT2D eigenvalue weighted by atomic mass is 35.5.